The fourth-order valence-corrected chi connectivity index (χ4v) is 2.00. The summed E-state index contributed by atoms with van der Waals surface area (Å²) in [6.45, 7) is 0.164. The number of anilines is 1. The highest BCUT2D eigenvalue weighted by Gasteiger charge is 2.17. The first kappa shape index (κ1) is 13.5. The molecule has 100 valence electrons. The third-order valence-corrected chi connectivity index (χ3v) is 3.08. The first-order chi connectivity index (χ1) is 9.01. The van der Waals surface area contributed by atoms with E-state index in [0.717, 1.165) is 11.3 Å². The topological polar surface area (TPSA) is 68.0 Å². The average Bonchev–Trinajstić information content (AvgIpc) is 2.82. The second-order valence-electron chi connectivity index (χ2n) is 3.53. The Labute approximate surface area is 110 Å². The summed E-state index contributed by atoms with van der Waals surface area (Å²) in [6, 6.07) is 0.954. The number of hydrogen-bond acceptors (Lipinski definition) is 4. The van der Waals surface area contributed by atoms with Crippen molar-refractivity contribution in [2.75, 3.05) is 5.32 Å². The van der Waals surface area contributed by atoms with E-state index in [4.69, 9.17) is 5.73 Å². The van der Waals surface area contributed by atoms with E-state index in [0.29, 0.717) is 17.1 Å². The molecule has 0 saturated heterocycles. The first-order valence-electron chi connectivity index (χ1n) is 5.11. The Kier molecular flexibility index (Phi) is 3.82. The van der Waals surface area contributed by atoms with Crippen LogP contribution in [0.3, 0.4) is 0 Å². The van der Waals surface area contributed by atoms with Crippen molar-refractivity contribution >= 4 is 22.9 Å². The number of hydrogen-bond donors (Lipinski definition) is 2. The summed E-state index contributed by atoms with van der Waals surface area (Å²) < 4.78 is 39.4. The minimum Gasteiger partial charge on any atom is -0.325 e. The van der Waals surface area contributed by atoms with Gasteiger partial charge in [-0.3, -0.25) is 4.79 Å². The predicted molar refractivity (Wildman–Crippen MR) is 64.3 cm³/mol. The van der Waals surface area contributed by atoms with E-state index in [-0.39, 0.29) is 12.2 Å². The van der Waals surface area contributed by atoms with Crippen molar-refractivity contribution in [1.82, 2.24) is 4.98 Å². The van der Waals surface area contributed by atoms with Gasteiger partial charge in [0.05, 0.1) is 0 Å². The van der Waals surface area contributed by atoms with Crippen LogP contribution < -0.4 is 11.1 Å². The molecule has 3 N–H and O–H groups in total. The molecular weight excluding hydrogens is 279 g/mol. The molecule has 0 aliphatic carbocycles. The van der Waals surface area contributed by atoms with Crippen LogP contribution in [0.5, 0.6) is 0 Å². The predicted octanol–water partition coefficient (Wildman–Crippen LogP) is 2.27. The summed E-state index contributed by atoms with van der Waals surface area (Å²) >= 11 is 1.15. The van der Waals surface area contributed by atoms with Gasteiger partial charge in [-0.15, -0.1) is 11.3 Å². The number of aromatic nitrogens is 1. The van der Waals surface area contributed by atoms with Crippen LogP contribution >= 0.6 is 11.3 Å². The number of thiazole rings is 1. The van der Waals surface area contributed by atoms with E-state index in [1.807, 2.05) is 5.32 Å². The summed E-state index contributed by atoms with van der Waals surface area (Å²) in [6.07, 6.45) is 0. The highest BCUT2D eigenvalue weighted by Crippen LogP contribution is 2.21. The van der Waals surface area contributed by atoms with Gasteiger partial charge in [0, 0.05) is 24.1 Å². The Bertz CT molecular complexity index is 606. The van der Waals surface area contributed by atoms with Crippen molar-refractivity contribution in [3.8, 4) is 0 Å². The summed E-state index contributed by atoms with van der Waals surface area (Å²) in [5, 5.41) is 3.94. The second kappa shape index (κ2) is 5.37. The number of benzene rings is 1. The molecule has 0 saturated carbocycles. The van der Waals surface area contributed by atoms with Gasteiger partial charge in [0.15, 0.2) is 11.6 Å². The smallest absolute Gasteiger partial charge is 0.275 e. The van der Waals surface area contributed by atoms with Gasteiger partial charge in [0.25, 0.3) is 5.91 Å². The van der Waals surface area contributed by atoms with Gasteiger partial charge in [-0.2, -0.15) is 0 Å². The van der Waals surface area contributed by atoms with Gasteiger partial charge in [-0.25, -0.2) is 18.2 Å². The minimum absolute atomic E-state index is 0.00595. The Balaban J connectivity index is 2.24. The molecule has 4 nitrogen and oxygen atoms in total. The van der Waals surface area contributed by atoms with E-state index in [2.05, 4.69) is 4.98 Å². The molecule has 0 unspecified atom stereocenters. The van der Waals surface area contributed by atoms with Gasteiger partial charge in [-0.1, -0.05) is 0 Å². The number of nitrogens with two attached hydrogens (primary N) is 1. The fourth-order valence-electron chi connectivity index (χ4n) is 1.35. The lowest BCUT2D eigenvalue weighted by Crippen LogP contribution is -2.15. The van der Waals surface area contributed by atoms with Crippen molar-refractivity contribution < 1.29 is 18.0 Å². The van der Waals surface area contributed by atoms with Gasteiger partial charge in [0.1, 0.15) is 22.2 Å². The molecule has 0 bridgehead atoms. The highest BCUT2D eigenvalue weighted by molar-refractivity contribution is 7.09. The highest BCUT2D eigenvalue weighted by atomic mass is 32.1. The Morgan fingerprint density at radius 1 is 1.32 bits per heavy atom. The van der Waals surface area contributed by atoms with E-state index in [1.165, 1.54) is 5.38 Å². The summed E-state index contributed by atoms with van der Waals surface area (Å²) in [7, 11) is 0. The molecule has 2 rings (SSSR count). The molecule has 1 aromatic carbocycles. The SMILES string of the molecule is NCc1nc(C(=O)Nc2c(F)cc(F)cc2F)cs1. The molecule has 2 aromatic rings. The molecule has 19 heavy (non-hydrogen) atoms. The number of rotatable bonds is 3. The van der Waals surface area contributed by atoms with Crippen molar-refractivity contribution in [3.63, 3.8) is 0 Å². The standard InChI is InChI=1S/C11H8F3N3OS/c12-5-1-6(13)10(7(14)2-5)17-11(18)8-4-19-9(3-15)16-8/h1-2,4H,3,15H2,(H,17,18). The number of nitrogens with zero attached hydrogens (tertiary/aromatic N) is 1. The normalized spacial score (nSPS) is 10.5. The molecule has 0 aliphatic rings. The van der Waals surface area contributed by atoms with Crippen LogP contribution in [0.2, 0.25) is 0 Å². The van der Waals surface area contributed by atoms with Gasteiger partial charge in [0.2, 0.25) is 0 Å². The van der Waals surface area contributed by atoms with Gasteiger partial charge in [-0.05, 0) is 0 Å². The van der Waals surface area contributed by atoms with Crippen LogP contribution in [0.15, 0.2) is 17.5 Å². The molecule has 1 amide bonds. The van der Waals surface area contributed by atoms with E-state index in [9.17, 15) is 18.0 Å². The molecule has 1 aromatic heterocycles. The van der Waals surface area contributed by atoms with E-state index < -0.39 is 29.0 Å². The molecule has 0 spiro atoms. The molecule has 1 heterocycles. The van der Waals surface area contributed by atoms with Crippen molar-refractivity contribution in [1.29, 1.82) is 0 Å². The van der Waals surface area contributed by atoms with Gasteiger partial charge < -0.3 is 11.1 Å². The molecule has 0 aliphatic heterocycles. The summed E-state index contributed by atoms with van der Waals surface area (Å²) in [5.74, 6) is -4.24. The van der Waals surface area contributed by atoms with Crippen LogP contribution in [0.25, 0.3) is 0 Å². The maximum atomic E-state index is 13.3. The summed E-state index contributed by atoms with van der Waals surface area (Å²) in [5.41, 5.74) is 4.62. The summed E-state index contributed by atoms with van der Waals surface area (Å²) in [4.78, 5) is 15.6. The zero-order valence-corrected chi connectivity index (χ0v) is 10.2. The maximum absolute atomic E-state index is 13.3. The van der Waals surface area contributed by atoms with Crippen molar-refractivity contribution in [2.45, 2.75) is 6.54 Å². The maximum Gasteiger partial charge on any atom is 0.275 e. The number of carbonyl (C=O) groups is 1. The third-order valence-electron chi connectivity index (χ3n) is 2.20. The zero-order chi connectivity index (χ0) is 14.0. The molecule has 0 radical (unpaired) electrons. The fraction of sp³-hybridized carbons (Fsp3) is 0.0909. The number of carbonyl (C=O) groups excluding carboxylic acids is 1. The van der Waals surface area contributed by atoms with Crippen molar-refractivity contribution in [2.24, 2.45) is 5.73 Å². The second-order valence-corrected chi connectivity index (χ2v) is 4.47. The van der Waals surface area contributed by atoms with Crippen LogP contribution in [0.1, 0.15) is 15.5 Å². The zero-order valence-electron chi connectivity index (χ0n) is 9.41. The number of nitrogens with one attached hydrogen (secondary N) is 1. The van der Waals surface area contributed by atoms with Gasteiger partial charge >= 0.3 is 0 Å². The Morgan fingerprint density at radius 2 is 1.95 bits per heavy atom. The van der Waals surface area contributed by atoms with E-state index >= 15 is 0 Å². The third kappa shape index (κ3) is 2.91. The largest absolute Gasteiger partial charge is 0.325 e. The molecule has 8 heteroatoms. The Hall–Kier alpha value is -1.93. The Morgan fingerprint density at radius 3 is 2.47 bits per heavy atom. The number of halogens is 3. The molecular formula is C11H8F3N3OS. The first-order valence-corrected chi connectivity index (χ1v) is 5.99. The minimum atomic E-state index is -1.19. The van der Waals surface area contributed by atoms with Crippen LogP contribution in [0.4, 0.5) is 18.9 Å². The lowest BCUT2D eigenvalue weighted by molar-refractivity contribution is 0.102. The molecule has 0 fully saturated rings. The average molecular weight is 287 g/mol. The number of amides is 1. The lowest BCUT2D eigenvalue weighted by Gasteiger charge is -2.06. The van der Waals surface area contributed by atoms with Crippen LogP contribution in [-0.4, -0.2) is 10.9 Å². The van der Waals surface area contributed by atoms with Crippen molar-refractivity contribution in [3.05, 3.63) is 45.7 Å². The monoisotopic (exact) mass is 287 g/mol. The van der Waals surface area contributed by atoms with Crippen LogP contribution in [0, 0.1) is 17.5 Å². The van der Waals surface area contributed by atoms with Crippen LogP contribution in [-0.2, 0) is 6.54 Å². The quantitative estimate of drug-likeness (QED) is 0.910. The lowest BCUT2D eigenvalue weighted by atomic mass is 10.2. The molecule has 0 atom stereocenters. The van der Waals surface area contributed by atoms with E-state index in [1.54, 1.807) is 0 Å².